The molecule has 0 aliphatic rings. The number of amides is 1. The van der Waals surface area contributed by atoms with E-state index in [0.717, 1.165) is 16.9 Å². The van der Waals surface area contributed by atoms with Crippen molar-refractivity contribution in [1.29, 1.82) is 0 Å². The highest BCUT2D eigenvalue weighted by Gasteiger charge is 2.13. The first-order chi connectivity index (χ1) is 10.9. The standard InChI is InChI=1S/C20H25NO2/c1-13-7-6-8-18(9-13)23-12-20(22)21-17(5)19-11-15(3)14(2)10-16(19)4/h6-11,17H,12H2,1-5H3,(H,21,22). The van der Waals surface area contributed by atoms with Crippen molar-refractivity contribution in [2.45, 2.75) is 40.7 Å². The van der Waals surface area contributed by atoms with Crippen LogP contribution in [0.5, 0.6) is 5.75 Å². The van der Waals surface area contributed by atoms with Crippen molar-refractivity contribution < 1.29 is 9.53 Å². The van der Waals surface area contributed by atoms with Gasteiger partial charge in [-0.1, -0.05) is 24.3 Å². The first kappa shape index (κ1) is 17.1. The number of rotatable bonds is 5. The number of hydrogen-bond donors (Lipinski definition) is 1. The molecule has 2 aromatic carbocycles. The van der Waals surface area contributed by atoms with Crippen LogP contribution < -0.4 is 10.1 Å². The van der Waals surface area contributed by atoms with Crippen molar-refractivity contribution >= 4 is 5.91 Å². The van der Waals surface area contributed by atoms with E-state index in [-0.39, 0.29) is 18.6 Å². The largest absolute Gasteiger partial charge is 0.484 e. The fourth-order valence-electron chi connectivity index (χ4n) is 2.66. The number of hydrogen-bond acceptors (Lipinski definition) is 2. The second-order valence-electron chi connectivity index (χ2n) is 6.19. The van der Waals surface area contributed by atoms with E-state index in [9.17, 15) is 4.79 Å². The van der Waals surface area contributed by atoms with Gasteiger partial charge < -0.3 is 10.1 Å². The minimum absolute atomic E-state index is 0.0255. The highest BCUT2D eigenvalue weighted by molar-refractivity contribution is 5.78. The predicted molar refractivity (Wildman–Crippen MR) is 93.9 cm³/mol. The summed E-state index contributed by atoms with van der Waals surface area (Å²) >= 11 is 0. The molecule has 2 rings (SSSR count). The molecular weight excluding hydrogens is 286 g/mol. The molecule has 0 fully saturated rings. The molecule has 0 bridgehead atoms. The van der Waals surface area contributed by atoms with Crippen molar-refractivity contribution in [3.63, 3.8) is 0 Å². The van der Waals surface area contributed by atoms with Gasteiger partial charge in [-0.15, -0.1) is 0 Å². The van der Waals surface area contributed by atoms with Gasteiger partial charge in [0.1, 0.15) is 5.75 Å². The van der Waals surface area contributed by atoms with Crippen molar-refractivity contribution in [3.05, 3.63) is 64.2 Å². The lowest BCUT2D eigenvalue weighted by atomic mass is 9.96. The minimum Gasteiger partial charge on any atom is -0.484 e. The summed E-state index contributed by atoms with van der Waals surface area (Å²) in [5, 5.41) is 3.00. The number of ether oxygens (including phenoxy) is 1. The van der Waals surface area contributed by atoms with Crippen LogP contribution in [0.1, 0.15) is 40.8 Å². The summed E-state index contributed by atoms with van der Waals surface area (Å²) in [7, 11) is 0. The van der Waals surface area contributed by atoms with E-state index >= 15 is 0 Å². The average molecular weight is 311 g/mol. The molecule has 3 nitrogen and oxygen atoms in total. The van der Waals surface area contributed by atoms with Gasteiger partial charge in [-0.3, -0.25) is 4.79 Å². The molecule has 122 valence electrons. The second kappa shape index (κ2) is 7.32. The molecular formula is C20H25NO2. The van der Waals surface area contributed by atoms with Crippen LogP contribution in [0.25, 0.3) is 0 Å². The normalized spacial score (nSPS) is 11.9. The average Bonchev–Trinajstić information content (AvgIpc) is 2.49. The maximum Gasteiger partial charge on any atom is 0.258 e. The first-order valence-corrected chi connectivity index (χ1v) is 7.93. The fraction of sp³-hybridized carbons (Fsp3) is 0.350. The topological polar surface area (TPSA) is 38.3 Å². The highest BCUT2D eigenvalue weighted by Crippen LogP contribution is 2.21. The quantitative estimate of drug-likeness (QED) is 0.899. The summed E-state index contributed by atoms with van der Waals surface area (Å²) in [6, 6.07) is 12.0. The number of benzene rings is 2. The van der Waals surface area contributed by atoms with Gasteiger partial charge in [-0.05, 0) is 74.6 Å². The van der Waals surface area contributed by atoms with E-state index < -0.39 is 0 Å². The van der Waals surface area contributed by atoms with Crippen LogP contribution in [-0.4, -0.2) is 12.5 Å². The Morgan fingerprint density at radius 3 is 2.43 bits per heavy atom. The molecule has 3 heteroatoms. The van der Waals surface area contributed by atoms with Crippen LogP contribution in [0.15, 0.2) is 36.4 Å². The minimum atomic E-state index is -0.114. The molecule has 0 saturated heterocycles. The van der Waals surface area contributed by atoms with E-state index in [0.29, 0.717) is 0 Å². The monoisotopic (exact) mass is 311 g/mol. The number of nitrogens with one attached hydrogen (secondary N) is 1. The van der Waals surface area contributed by atoms with Gasteiger partial charge in [0.2, 0.25) is 0 Å². The molecule has 1 N–H and O–H groups in total. The highest BCUT2D eigenvalue weighted by atomic mass is 16.5. The summed E-state index contributed by atoms with van der Waals surface area (Å²) < 4.78 is 5.55. The first-order valence-electron chi connectivity index (χ1n) is 7.93. The van der Waals surface area contributed by atoms with Crippen LogP contribution in [0, 0.1) is 27.7 Å². The summed E-state index contributed by atoms with van der Waals surface area (Å²) in [5.74, 6) is 0.604. The Morgan fingerprint density at radius 1 is 1.04 bits per heavy atom. The van der Waals surface area contributed by atoms with E-state index in [1.165, 1.54) is 16.7 Å². The Hall–Kier alpha value is -2.29. The zero-order valence-electron chi connectivity index (χ0n) is 14.6. The van der Waals surface area contributed by atoms with E-state index in [1.807, 2.05) is 38.1 Å². The molecule has 0 saturated carbocycles. The number of aryl methyl sites for hydroxylation is 4. The third-order valence-electron chi connectivity index (χ3n) is 4.09. The zero-order chi connectivity index (χ0) is 17.0. The molecule has 1 amide bonds. The summed E-state index contributed by atoms with van der Waals surface area (Å²) in [5.41, 5.74) is 5.97. The summed E-state index contributed by atoms with van der Waals surface area (Å²) in [4.78, 5) is 12.1. The maximum atomic E-state index is 12.1. The third-order valence-corrected chi connectivity index (χ3v) is 4.09. The van der Waals surface area contributed by atoms with Crippen molar-refractivity contribution in [2.75, 3.05) is 6.61 Å². The Kier molecular flexibility index (Phi) is 5.43. The lowest BCUT2D eigenvalue weighted by molar-refractivity contribution is -0.123. The number of carbonyl (C=O) groups excluding carboxylic acids is 1. The molecule has 0 radical (unpaired) electrons. The second-order valence-corrected chi connectivity index (χ2v) is 6.19. The third kappa shape index (κ3) is 4.59. The zero-order valence-corrected chi connectivity index (χ0v) is 14.6. The molecule has 0 spiro atoms. The Labute approximate surface area is 138 Å². The SMILES string of the molecule is Cc1cccc(OCC(=O)NC(C)c2cc(C)c(C)cc2C)c1. The molecule has 0 aromatic heterocycles. The molecule has 1 unspecified atom stereocenters. The van der Waals surface area contributed by atoms with Gasteiger partial charge in [-0.25, -0.2) is 0 Å². The molecule has 2 aromatic rings. The van der Waals surface area contributed by atoms with E-state index in [4.69, 9.17) is 4.74 Å². The van der Waals surface area contributed by atoms with Crippen LogP contribution in [-0.2, 0) is 4.79 Å². The molecule has 0 aliphatic carbocycles. The van der Waals surface area contributed by atoms with Crippen LogP contribution in [0.3, 0.4) is 0 Å². The smallest absolute Gasteiger partial charge is 0.258 e. The number of carbonyl (C=O) groups is 1. The van der Waals surface area contributed by atoms with Gasteiger partial charge in [0.05, 0.1) is 6.04 Å². The van der Waals surface area contributed by atoms with Gasteiger partial charge in [-0.2, -0.15) is 0 Å². The lowest BCUT2D eigenvalue weighted by Crippen LogP contribution is -2.31. The predicted octanol–water partition coefficient (Wildman–Crippen LogP) is 4.18. The molecule has 0 aliphatic heterocycles. The van der Waals surface area contributed by atoms with Gasteiger partial charge in [0.25, 0.3) is 5.91 Å². The summed E-state index contributed by atoms with van der Waals surface area (Å²) in [6.45, 7) is 10.3. The Balaban J connectivity index is 1.96. The molecule has 23 heavy (non-hydrogen) atoms. The van der Waals surface area contributed by atoms with Crippen molar-refractivity contribution in [3.8, 4) is 5.75 Å². The Bertz CT molecular complexity index is 707. The van der Waals surface area contributed by atoms with Crippen molar-refractivity contribution in [1.82, 2.24) is 5.32 Å². The molecule has 0 heterocycles. The maximum absolute atomic E-state index is 12.1. The molecule has 1 atom stereocenters. The van der Waals surface area contributed by atoms with Gasteiger partial charge in [0, 0.05) is 0 Å². The fourth-order valence-corrected chi connectivity index (χ4v) is 2.66. The van der Waals surface area contributed by atoms with Crippen LogP contribution in [0.4, 0.5) is 0 Å². The van der Waals surface area contributed by atoms with E-state index in [1.54, 1.807) is 0 Å². The lowest BCUT2D eigenvalue weighted by Gasteiger charge is -2.18. The van der Waals surface area contributed by atoms with Crippen LogP contribution in [0.2, 0.25) is 0 Å². The van der Waals surface area contributed by atoms with Gasteiger partial charge >= 0.3 is 0 Å². The van der Waals surface area contributed by atoms with Crippen molar-refractivity contribution in [2.24, 2.45) is 0 Å². The summed E-state index contributed by atoms with van der Waals surface area (Å²) in [6.07, 6.45) is 0. The Morgan fingerprint density at radius 2 is 1.74 bits per heavy atom. The van der Waals surface area contributed by atoms with E-state index in [2.05, 4.69) is 38.2 Å². The van der Waals surface area contributed by atoms with Gasteiger partial charge in [0.15, 0.2) is 6.61 Å². The van der Waals surface area contributed by atoms with Crippen LogP contribution >= 0.6 is 0 Å².